The second kappa shape index (κ2) is 11.3. The summed E-state index contributed by atoms with van der Waals surface area (Å²) in [6.07, 6.45) is 4.53. The maximum Gasteiger partial charge on any atom is 0.125 e. The lowest BCUT2D eigenvalue weighted by Crippen LogP contribution is -2.28. The van der Waals surface area contributed by atoms with Crippen molar-refractivity contribution in [2.75, 3.05) is 13.2 Å². The average molecular weight is 542 g/mol. The fourth-order valence-electron chi connectivity index (χ4n) is 6.31. The lowest BCUT2D eigenvalue weighted by Gasteiger charge is -2.29. The Morgan fingerprint density at radius 1 is 0.854 bits per heavy atom. The van der Waals surface area contributed by atoms with Crippen LogP contribution in [0.2, 0.25) is 0 Å². The largest absolute Gasteiger partial charge is 0.494 e. The summed E-state index contributed by atoms with van der Waals surface area (Å²) in [5.41, 5.74) is 7.64. The number of ether oxygens (including phenoxy) is 1. The van der Waals surface area contributed by atoms with Gasteiger partial charge in [-0.3, -0.25) is 14.9 Å². The Hall–Kier alpha value is -4.35. The highest BCUT2D eigenvalue weighted by Crippen LogP contribution is 2.40. The fourth-order valence-corrected chi connectivity index (χ4v) is 6.31. The number of rotatable bonds is 9. The first-order chi connectivity index (χ1) is 20.2. The summed E-state index contributed by atoms with van der Waals surface area (Å²) < 4.78 is 20.0. The van der Waals surface area contributed by atoms with Gasteiger partial charge in [0.15, 0.2) is 0 Å². The van der Waals surface area contributed by atoms with Gasteiger partial charge < -0.3 is 4.74 Å². The zero-order valence-corrected chi connectivity index (χ0v) is 23.0. The topological polar surface area (TPSA) is 37.7 Å². The molecule has 1 unspecified atom stereocenters. The molecule has 0 saturated heterocycles. The highest BCUT2D eigenvalue weighted by molar-refractivity contribution is 6.08. The van der Waals surface area contributed by atoms with E-state index in [4.69, 9.17) is 9.73 Å². The molecule has 4 nitrogen and oxygen atoms in total. The minimum absolute atomic E-state index is 0.0881. The van der Waals surface area contributed by atoms with Gasteiger partial charge in [0.1, 0.15) is 11.6 Å². The van der Waals surface area contributed by atoms with E-state index >= 15 is 0 Å². The summed E-state index contributed by atoms with van der Waals surface area (Å²) >= 11 is 0. The van der Waals surface area contributed by atoms with Crippen molar-refractivity contribution in [1.29, 1.82) is 0 Å². The Morgan fingerprint density at radius 3 is 2.41 bits per heavy atom. The van der Waals surface area contributed by atoms with Gasteiger partial charge in [-0.2, -0.15) is 0 Å². The van der Waals surface area contributed by atoms with E-state index in [1.807, 2.05) is 24.3 Å². The lowest BCUT2D eigenvalue weighted by atomic mass is 9.88. The number of aryl methyl sites for hydroxylation is 1. The van der Waals surface area contributed by atoms with E-state index in [1.54, 1.807) is 6.20 Å². The third-order valence-corrected chi connectivity index (χ3v) is 8.26. The molecule has 0 radical (unpaired) electrons. The lowest BCUT2D eigenvalue weighted by molar-refractivity contribution is 0.219. The molecule has 5 heteroatoms. The summed E-state index contributed by atoms with van der Waals surface area (Å²) in [4.78, 5) is 11.8. The number of hydrogen-bond donors (Lipinski definition) is 0. The standard InChI is InChI=1S/C36H32FN3O/c37-29-14-18-31-32(36(39-34(31)22-29)33-10-1-2-19-38-33)17-13-25-11-15-30(16-12-25)41-21-5-20-40-23-27-8-3-6-26-7-4-9-28(24-40)35(26)27/h1-4,6-12,14-16,18-19,22,32H,5,13,17,20-21,23-24H2. The van der Waals surface area contributed by atoms with Gasteiger partial charge >= 0.3 is 0 Å². The Labute approximate surface area is 240 Å². The van der Waals surface area contributed by atoms with Crippen LogP contribution in [0.3, 0.4) is 0 Å². The van der Waals surface area contributed by atoms with Crippen LogP contribution in [0.4, 0.5) is 10.1 Å². The molecule has 0 N–H and O–H groups in total. The van der Waals surface area contributed by atoms with Crippen molar-refractivity contribution >= 4 is 22.2 Å². The number of aliphatic imine (C=N–C) groups is 1. The molecule has 0 spiro atoms. The molecule has 0 saturated carbocycles. The van der Waals surface area contributed by atoms with E-state index in [9.17, 15) is 4.39 Å². The number of nitrogens with zero attached hydrogens (tertiary/aromatic N) is 3. The van der Waals surface area contributed by atoms with E-state index in [1.165, 1.54) is 39.6 Å². The first-order valence-corrected chi connectivity index (χ1v) is 14.4. The van der Waals surface area contributed by atoms with Crippen molar-refractivity contribution < 1.29 is 9.13 Å². The number of fused-ring (bicyclic) bond motifs is 1. The maximum atomic E-state index is 13.9. The Kier molecular flexibility index (Phi) is 7.03. The molecule has 2 aliphatic heterocycles. The molecule has 0 amide bonds. The average Bonchev–Trinajstić information content (AvgIpc) is 3.37. The van der Waals surface area contributed by atoms with Gasteiger partial charge in [-0.1, -0.05) is 60.7 Å². The molecule has 0 bridgehead atoms. The monoisotopic (exact) mass is 541 g/mol. The molecule has 7 rings (SSSR count). The number of halogens is 1. The zero-order chi connectivity index (χ0) is 27.6. The van der Waals surface area contributed by atoms with Crippen LogP contribution < -0.4 is 4.74 Å². The van der Waals surface area contributed by atoms with Crippen molar-refractivity contribution in [1.82, 2.24) is 9.88 Å². The summed E-state index contributed by atoms with van der Waals surface area (Å²) in [7, 11) is 0. The molecule has 41 heavy (non-hydrogen) atoms. The summed E-state index contributed by atoms with van der Waals surface area (Å²) in [6, 6.07) is 32.5. The molecule has 5 aromatic rings. The molecular formula is C36H32FN3O. The number of aromatic nitrogens is 1. The minimum Gasteiger partial charge on any atom is -0.494 e. The third-order valence-electron chi connectivity index (χ3n) is 8.26. The Bertz CT molecular complexity index is 1670. The van der Waals surface area contributed by atoms with Gasteiger partial charge in [-0.25, -0.2) is 4.39 Å². The van der Waals surface area contributed by atoms with Crippen molar-refractivity contribution in [3.63, 3.8) is 0 Å². The van der Waals surface area contributed by atoms with Gasteiger partial charge in [0, 0.05) is 31.7 Å². The van der Waals surface area contributed by atoms with E-state index in [2.05, 4.69) is 70.5 Å². The van der Waals surface area contributed by atoms with Crippen molar-refractivity contribution in [3.8, 4) is 5.75 Å². The predicted molar refractivity (Wildman–Crippen MR) is 163 cm³/mol. The van der Waals surface area contributed by atoms with E-state index < -0.39 is 0 Å². The number of hydrogen-bond acceptors (Lipinski definition) is 4. The van der Waals surface area contributed by atoms with Gasteiger partial charge in [0.2, 0.25) is 0 Å². The van der Waals surface area contributed by atoms with E-state index in [0.29, 0.717) is 12.3 Å². The molecular weight excluding hydrogens is 509 g/mol. The summed E-state index contributed by atoms with van der Waals surface area (Å²) in [5, 5.41) is 2.78. The highest BCUT2D eigenvalue weighted by Gasteiger charge is 2.29. The van der Waals surface area contributed by atoms with Crippen molar-refractivity contribution in [3.05, 3.63) is 137 Å². The fraction of sp³-hybridized carbons (Fsp3) is 0.222. The molecule has 1 aromatic heterocycles. The third kappa shape index (κ3) is 5.38. The van der Waals surface area contributed by atoms with Crippen LogP contribution in [0.1, 0.15) is 46.7 Å². The van der Waals surface area contributed by atoms with Crippen LogP contribution in [0.5, 0.6) is 5.75 Å². The molecule has 2 aliphatic rings. The normalized spacial score (nSPS) is 16.0. The Balaban J connectivity index is 0.928. The molecule has 3 heterocycles. The maximum absolute atomic E-state index is 13.9. The molecule has 4 aromatic carbocycles. The van der Waals surface area contributed by atoms with Crippen LogP contribution in [0, 0.1) is 5.82 Å². The number of pyridine rings is 1. The van der Waals surface area contributed by atoms with Crippen molar-refractivity contribution in [2.24, 2.45) is 4.99 Å². The van der Waals surface area contributed by atoms with Gasteiger partial charge in [0.25, 0.3) is 0 Å². The van der Waals surface area contributed by atoms with Crippen LogP contribution in [0.15, 0.2) is 108 Å². The van der Waals surface area contributed by atoms with Crippen LogP contribution in [-0.4, -0.2) is 28.7 Å². The molecule has 0 fully saturated rings. The van der Waals surface area contributed by atoms with Gasteiger partial charge in [-0.05, 0) is 88.7 Å². The van der Waals surface area contributed by atoms with Crippen LogP contribution in [0.25, 0.3) is 10.8 Å². The SMILES string of the molecule is Fc1ccc2c(c1)N=C(c1ccccn1)C2CCc1ccc(OCCCN2Cc3cccc4cccc(c34)C2)cc1. The molecule has 0 aliphatic carbocycles. The second-order valence-corrected chi connectivity index (χ2v) is 11.0. The van der Waals surface area contributed by atoms with Gasteiger partial charge in [0.05, 0.1) is 23.7 Å². The summed E-state index contributed by atoms with van der Waals surface area (Å²) in [5.74, 6) is 0.730. The van der Waals surface area contributed by atoms with Crippen LogP contribution in [-0.2, 0) is 19.5 Å². The van der Waals surface area contributed by atoms with Crippen LogP contribution >= 0.6 is 0 Å². The highest BCUT2D eigenvalue weighted by atomic mass is 19.1. The first kappa shape index (κ1) is 25.6. The Morgan fingerprint density at radius 2 is 1.66 bits per heavy atom. The molecule has 204 valence electrons. The quantitative estimate of drug-likeness (QED) is 0.177. The number of benzene rings is 4. The van der Waals surface area contributed by atoms with E-state index in [-0.39, 0.29) is 11.7 Å². The predicted octanol–water partition coefficient (Wildman–Crippen LogP) is 8.01. The minimum atomic E-state index is -0.261. The zero-order valence-electron chi connectivity index (χ0n) is 23.0. The van der Waals surface area contributed by atoms with Gasteiger partial charge in [-0.15, -0.1) is 0 Å². The van der Waals surface area contributed by atoms with Crippen molar-refractivity contribution in [2.45, 2.75) is 38.3 Å². The first-order valence-electron chi connectivity index (χ1n) is 14.4. The summed E-state index contributed by atoms with van der Waals surface area (Å²) in [6.45, 7) is 3.70. The molecule has 1 atom stereocenters. The smallest absolute Gasteiger partial charge is 0.125 e. The van der Waals surface area contributed by atoms with E-state index in [0.717, 1.165) is 61.6 Å². The second-order valence-electron chi connectivity index (χ2n) is 11.0.